The molecule has 0 fully saturated rings. The molecule has 0 aliphatic carbocycles. The maximum Gasteiger partial charge on any atom is 0.124 e. The van der Waals surface area contributed by atoms with Gasteiger partial charge in [0.15, 0.2) is 0 Å². The predicted octanol–water partition coefficient (Wildman–Crippen LogP) is 4.44. The first-order valence-corrected chi connectivity index (χ1v) is 7.56. The van der Waals surface area contributed by atoms with Crippen LogP contribution in [-0.4, -0.2) is 14.2 Å². The van der Waals surface area contributed by atoms with Crippen LogP contribution in [0.5, 0.6) is 5.75 Å². The molecule has 2 nitrogen and oxygen atoms in total. The van der Waals surface area contributed by atoms with Crippen molar-refractivity contribution in [3.63, 3.8) is 0 Å². The van der Waals surface area contributed by atoms with E-state index in [0.717, 1.165) is 5.75 Å². The number of rotatable bonds is 5. The smallest absolute Gasteiger partial charge is 0.124 e. The van der Waals surface area contributed by atoms with Gasteiger partial charge in [-0.15, -0.1) is 0 Å². The zero-order chi connectivity index (χ0) is 14.5. The van der Waals surface area contributed by atoms with Crippen LogP contribution < -0.4 is 10.1 Å². The molecule has 0 radical (unpaired) electrons. The lowest BCUT2D eigenvalue weighted by atomic mass is 10.1. The summed E-state index contributed by atoms with van der Waals surface area (Å²) in [5.74, 6) is 0.935. The van der Waals surface area contributed by atoms with E-state index in [1.807, 2.05) is 19.2 Å². The number of aryl methyl sites for hydroxylation is 1. The molecule has 1 atom stereocenters. The van der Waals surface area contributed by atoms with Crippen LogP contribution in [0, 0.1) is 6.92 Å². The minimum Gasteiger partial charge on any atom is -0.496 e. The van der Waals surface area contributed by atoms with Crippen molar-refractivity contribution in [1.29, 1.82) is 0 Å². The number of methoxy groups -OCH3 is 1. The van der Waals surface area contributed by atoms with Gasteiger partial charge in [0.05, 0.1) is 7.11 Å². The lowest BCUT2D eigenvalue weighted by molar-refractivity contribution is 0.401. The van der Waals surface area contributed by atoms with Crippen LogP contribution >= 0.6 is 11.8 Å². The van der Waals surface area contributed by atoms with Crippen molar-refractivity contribution in [3.05, 3.63) is 53.6 Å². The van der Waals surface area contributed by atoms with E-state index in [2.05, 4.69) is 49.5 Å². The Balaban J connectivity index is 2.40. The molecule has 0 aliphatic heterocycles. The van der Waals surface area contributed by atoms with Gasteiger partial charge in [-0.1, -0.05) is 35.5 Å². The van der Waals surface area contributed by atoms with Gasteiger partial charge in [-0.3, -0.25) is 0 Å². The van der Waals surface area contributed by atoms with E-state index in [-0.39, 0.29) is 6.04 Å². The van der Waals surface area contributed by atoms with E-state index in [1.165, 1.54) is 20.9 Å². The molecule has 0 aromatic heterocycles. The molecular weight excluding hydrogens is 266 g/mol. The highest BCUT2D eigenvalue weighted by molar-refractivity contribution is 7.99. The highest BCUT2D eigenvalue weighted by atomic mass is 32.2. The fourth-order valence-corrected chi connectivity index (χ4v) is 3.35. The Morgan fingerprint density at radius 2 is 1.90 bits per heavy atom. The van der Waals surface area contributed by atoms with E-state index in [1.54, 1.807) is 18.9 Å². The third kappa shape index (κ3) is 3.35. The molecule has 0 heterocycles. The van der Waals surface area contributed by atoms with Gasteiger partial charge in [0.2, 0.25) is 0 Å². The van der Waals surface area contributed by atoms with Crippen LogP contribution in [0.1, 0.15) is 24.1 Å². The second-order valence-electron chi connectivity index (χ2n) is 4.80. The molecule has 2 aromatic carbocycles. The van der Waals surface area contributed by atoms with Gasteiger partial charge in [-0.25, -0.2) is 0 Å². The van der Waals surface area contributed by atoms with Gasteiger partial charge in [-0.2, -0.15) is 0 Å². The van der Waals surface area contributed by atoms with Crippen LogP contribution in [0.2, 0.25) is 0 Å². The largest absolute Gasteiger partial charge is 0.496 e. The standard InChI is InChI=1S/C17H21NOS/c1-12-7-5-8-14(11-12)20-16-10-6-9-15(19-4)17(16)13(2)18-3/h5-11,13,18H,1-4H3. The molecule has 2 aromatic rings. The molecule has 3 heteroatoms. The second-order valence-corrected chi connectivity index (χ2v) is 5.92. The quantitative estimate of drug-likeness (QED) is 0.878. The zero-order valence-corrected chi connectivity index (χ0v) is 13.3. The summed E-state index contributed by atoms with van der Waals surface area (Å²) in [7, 11) is 3.69. The van der Waals surface area contributed by atoms with E-state index < -0.39 is 0 Å². The molecular formula is C17H21NOS. The molecule has 0 amide bonds. The van der Waals surface area contributed by atoms with Crippen molar-refractivity contribution in [1.82, 2.24) is 5.32 Å². The summed E-state index contributed by atoms with van der Waals surface area (Å²) >= 11 is 1.78. The Labute approximate surface area is 125 Å². The third-order valence-corrected chi connectivity index (χ3v) is 4.39. The van der Waals surface area contributed by atoms with Crippen molar-refractivity contribution >= 4 is 11.8 Å². The lowest BCUT2D eigenvalue weighted by Gasteiger charge is -2.19. The van der Waals surface area contributed by atoms with Crippen LogP contribution in [0.15, 0.2) is 52.3 Å². The minimum atomic E-state index is 0.249. The number of hydrogen-bond donors (Lipinski definition) is 1. The number of benzene rings is 2. The van der Waals surface area contributed by atoms with E-state index in [0.29, 0.717) is 0 Å². The van der Waals surface area contributed by atoms with Crippen LogP contribution in [0.4, 0.5) is 0 Å². The third-order valence-electron chi connectivity index (χ3n) is 3.33. The Bertz CT molecular complexity index is 583. The first-order chi connectivity index (χ1) is 9.65. The number of hydrogen-bond acceptors (Lipinski definition) is 3. The fourth-order valence-electron chi connectivity index (χ4n) is 2.17. The fraction of sp³-hybridized carbons (Fsp3) is 0.294. The predicted molar refractivity (Wildman–Crippen MR) is 85.8 cm³/mol. The molecule has 0 spiro atoms. The number of nitrogens with one attached hydrogen (secondary N) is 1. The summed E-state index contributed by atoms with van der Waals surface area (Å²) in [5.41, 5.74) is 2.49. The van der Waals surface area contributed by atoms with Crippen LogP contribution in [-0.2, 0) is 0 Å². The summed E-state index contributed by atoms with van der Waals surface area (Å²) < 4.78 is 5.52. The van der Waals surface area contributed by atoms with Gasteiger partial charge >= 0.3 is 0 Å². The maximum absolute atomic E-state index is 5.52. The minimum absolute atomic E-state index is 0.249. The van der Waals surface area contributed by atoms with Crippen molar-refractivity contribution in [3.8, 4) is 5.75 Å². The summed E-state index contributed by atoms with van der Waals surface area (Å²) in [6, 6.07) is 15.0. The van der Waals surface area contributed by atoms with Gasteiger partial charge in [-0.05, 0) is 45.2 Å². The lowest BCUT2D eigenvalue weighted by Crippen LogP contribution is -2.14. The van der Waals surface area contributed by atoms with Crippen LogP contribution in [0.3, 0.4) is 0 Å². The maximum atomic E-state index is 5.52. The monoisotopic (exact) mass is 287 g/mol. The summed E-state index contributed by atoms with van der Waals surface area (Å²) in [4.78, 5) is 2.49. The van der Waals surface area contributed by atoms with Crippen molar-refractivity contribution < 1.29 is 4.74 Å². The number of ether oxygens (including phenoxy) is 1. The first-order valence-electron chi connectivity index (χ1n) is 6.74. The molecule has 20 heavy (non-hydrogen) atoms. The van der Waals surface area contributed by atoms with Gasteiger partial charge in [0.1, 0.15) is 5.75 Å². The molecule has 0 saturated carbocycles. The van der Waals surface area contributed by atoms with Crippen molar-refractivity contribution in [2.24, 2.45) is 0 Å². The molecule has 106 valence electrons. The molecule has 0 bridgehead atoms. The molecule has 1 unspecified atom stereocenters. The van der Waals surface area contributed by atoms with E-state index in [9.17, 15) is 0 Å². The Hall–Kier alpha value is -1.45. The molecule has 0 saturated heterocycles. The van der Waals surface area contributed by atoms with Crippen molar-refractivity contribution in [2.45, 2.75) is 29.7 Å². The average molecular weight is 287 g/mol. The molecule has 2 rings (SSSR count). The highest BCUT2D eigenvalue weighted by Gasteiger charge is 2.15. The SMILES string of the molecule is CNC(C)c1c(OC)cccc1Sc1cccc(C)c1. The molecule has 0 aliphatic rings. The van der Waals surface area contributed by atoms with Gasteiger partial charge in [0.25, 0.3) is 0 Å². The average Bonchev–Trinajstić information content (AvgIpc) is 2.46. The van der Waals surface area contributed by atoms with Gasteiger partial charge < -0.3 is 10.1 Å². The molecule has 1 N–H and O–H groups in total. The van der Waals surface area contributed by atoms with E-state index >= 15 is 0 Å². The summed E-state index contributed by atoms with van der Waals surface area (Å²) in [6.07, 6.45) is 0. The van der Waals surface area contributed by atoms with Gasteiger partial charge in [0, 0.05) is 21.4 Å². The van der Waals surface area contributed by atoms with Crippen LogP contribution in [0.25, 0.3) is 0 Å². The van der Waals surface area contributed by atoms with Crippen molar-refractivity contribution in [2.75, 3.05) is 14.2 Å². The zero-order valence-electron chi connectivity index (χ0n) is 12.4. The topological polar surface area (TPSA) is 21.3 Å². The normalized spacial score (nSPS) is 12.2. The Kier molecular flexibility index (Phi) is 5.10. The van der Waals surface area contributed by atoms with E-state index in [4.69, 9.17) is 4.74 Å². The second kappa shape index (κ2) is 6.82. The Morgan fingerprint density at radius 1 is 1.15 bits per heavy atom. The first kappa shape index (κ1) is 14.9. The summed E-state index contributed by atoms with van der Waals surface area (Å²) in [6.45, 7) is 4.27. The summed E-state index contributed by atoms with van der Waals surface area (Å²) in [5, 5.41) is 3.30. The Morgan fingerprint density at radius 3 is 2.55 bits per heavy atom. The highest BCUT2D eigenvalue weighted by Crippen LogP contribution is 2.38.